The molecule has 1 aromatic heterocycles. The second-order valence-electron chi connectivity index (χ2n) is 4.81. The van der Waals surface area contributed by atoms with E-state index >= 15 is 0 Å². The van der Waals surface area contributed by atoms with Crippen molar-refractivity contribution in [2.75, 3.05) is 0 Å². The highest BCUT2D eigenvalue weighted by atomic mass is 35.5. The van der Waals surface area contributed by atoms with Crippen LogP contribution in [0.25, 0.3) is 0 Å². The van der Waals surface area contributed by atoms with Crippen molar-refractivity contribution in [2.45, 2.75) is 39.5 Å². The van der Waals surface area contributed by atoms with Gasteiger partial charge in [0.15, 0.2) is 5.15 Å². The van der Waals surface area contributed by atoms with E-state index in [4.69, 9.17) is 16.3 Å². The molecule has 1 N–H and O–H groups in total. The van der Waals surface area contributed by atoms with Crippen LogP contribution in [0.4, 0.5) is 4.79 Å². The molecule has 6 heteroatoms. The Labute approximate surface area is 98.7 Å². The van der Waals surface area contributed by atoms with E-state index in [9.17, 15) is 4.79 Å². The topological polar surface area (TPSA) is 58.2 Å². The molecule has 1 aromatic rings. The number of aromatic nitrogens is 2. The van der Waals surface area contributed by atoms with E-state index in [-0.39, 0.29) is 6.09 Å². The SMILES string of the molecule is CC(C)(C)OC(=O)N1Cc2[nH]nc(Cl)c2C1. The van der Waals surface area contributed by atoms with E-state index in [1.807, 2.05) is 20.8 Å². The normalized spacial score (nSPS) is 15.1. The molecule has 1 amide bonds. The molecule has 16 heavy (non-hydrogen) atoms. The Hall–Kier alpha value is -1.23. The van der Waals surface area contributed by atoms with Crippen molar-refractivity contribution in [3.05, 3.63) is 16.4 Å². The van der Waals surface area contributed by atoms with Crippen LogP contribution in [0.5, 0.6) is 0 Å². The van der Waals surface area contributed by atoms with Crippen LogP contribution in [0.3, 0.4) is 0 Å². The molecule has 88 valence electrons. The summed E-state index contributed by atoms with van der Waals surface area (Å²) in [4.78, 5) is 13.4. The van der Waals surface area contributed by atoms with E-state index in [1.165, 1.54) is 0 Å². The molecular weight excluding hydrogens is 230 g/mol. The predicted octanol–water partition coefficient (Wildman–Crippen LogP) is 2.31. The zero-order chi connectivity index (χ0) is 11.9. The number of hydrogen-bond donors (Lipinski definition) is 1. The largest absolute Gasteiger partial charge is 0.444 e. The third kappa shape index (κ3) is 2.14. The average Bonchev–Trinajstić information content (AvgIpc) is 2.65. The smallest absolute Gasteiger partial charge is 0.410 e. The molecular formula is C10H14ClN3O2. The quantitative estimate of drug-likeness (QED) is 0.761. The van der Waals surface area contributed by atoms with Gasteiger partial charge in [0.1, 0.15) is 5.60 Å². The molecule has 0 radical (unpaired) electrons. The molecule has 0 aromatic carbocycles. The first-order valence-corrected chi connectivity index (χ1v) is 5.44. The summed E-state index contributed by atoms with van der Waals surface area (Å²) in [6, 6.07) is 0. The molecule has 0 bridgehead atoms. The number of nitrogens with zero attached hydrogens (tertiary/aromatic N) is 2. The Morgan fingerprint density at radius 3 is 2.75 bits per heavy atom. The maximum Gasteiger partial charge on any atom is 0.410 e. The van der Waals surface area contributed by atoms with E-state index in [2.05, 4.69) is 10.2 Å². The number of hydrogen-bond acceptors (Lipinski definition) is 3. The van der Waals surface area contributed by atoms with Crippen molar-refractivity contribution in [1.29, 1.82) is 0 Å². The fraction of sp³-hybridized carbons (Fsp3) is 0.600. The van der Waals surface area contributed by atoms with E-state index in [0.29, 0.717) is 18.2 Å². The summed E-state index contributed by atoms with van der Waals surface area (Å²) >= 11 is 5.87. The maximum absolute atomic E-state index is 11.8. The molecule has 1 aliphatic rings. The summed E-state index contributed by atoms with van der Waals surface area (Å²) in [5.41, 5.74) is 1.29. The molecule has 0 saturated carbocycles. The van der Waals surface area contributed by atoms with Gasteiger partial charge in [-0.1, -0.05) is 11.6 Å². The van der Waals surface area contributed by atoms with Gasteiger partial charge in [-0.25, -0.2) is 4.79 Å². The summed E-state index contributed by atoms with van der Waals surface area (Å²) in [5, 5.41) is 7.10. The lowest BCUT2D eigenvalue weighted by Gasteiger charge is -2.24. The van der Waals surface area contributed by atoms with Crippen molar-refractivity contribution in [3.63, 3.8) is 0 Å². The van der Waals surface area contributed by atoms with Gasteiger partial charge in [0, 0.05) is 5.56 Å². The first kappa shape index (κ1) is 11.3. The van der Waals surface area contributed by atoms with Gasteiger partial charge in [-0.05, 0) is 20.8 Å². The number of carbonyl (C=O) groups excluding carboxylic acids is 1. The summed E-state index contributed by atoms with van der Waals surface area (Å²) in [6.45, 7) is 6.46. The highest BCUT2D eigenvalue weighted by molar-refractivity contribution is 6.30. The second kappa shape index (κ2) is 3.66. The molecule has 0 atom stereocenters. The van der Waals surface area contributed by atoms with Gasteiger partial charge in [-0.2, -0.15) is 5.10 Å². The summed E-state index contributed by atoms with van der Waals surface area (Å²) in [6.07, 6.45) is -0.326. The van der Waals surface area contributed by atoms with E-state index in [1.54, 1.807) is 4.90 Å². The van der Waals surface area contributed by atoms with Crippen molar-refractivity contribution < 1.29 is 9.53 Å². The van der Waals surface area contributed by atoms with Gasteiger partial charge in [0.05, 0.1) is 18.8 Å². The summed E-state index contributed by atoms with van der Waals surface area (Å²) in [5.74, 6) is 0. The molecule has 2 heterocycles. The minimum absolute atomic E-state index is 0.326. The maximum atomic E-state index is 11.8. The Balaban J connectivity index is 2.04. The summed E-state index contributed by atoms with van der Waals surface area (Å²) < 4.78 is 5.27. The van der Waals surface area contributed by atoms with Crippen LogP contribution < -0.4 is 0 Å². The Bertz CT molecular complexity index is 422. The highest BCUT2D eigenvalue weighted by Crippen LogP contribution is 2.27. The Kier molecular flexibility index (Phi) is 2.58. The van der Waals surface area contributed by atoms with Crippen LogP contribution in [-0.4, -0.2) is 26.8 Å². The third-order valence-corrected chi connectivity index (χ3v) is 2.56. The van der Waals surface area contributed by atoms with Crippen LogP contribution >= 0.6 is 11.6 Å². The van der Waals surface area contributed by atoms with Crippen LogP contribution in [0.1, 0.15) is 32.0 Å². The number of amides is 1. The highest BCUT2D eigenvalue weighted by Gasteiger charge is 2.30. The predicted molar refractivity (Wildman–Crippen MR) is 59.1 cm³/mol. The summed E-state index contributed by atoms with van der Waals surface area (Å²) in [7, 11) is 0. The van der Waals surface area contributed by atoms with Gasteiger partial charge in [-0.3, -0.25) is 10.00 Å². The third-order valence-electron chi connectivity index (χ3n) is 2.25. The lowest BCUT2D eigenvalue weighted by Crippen LogP contribution is -2.33. The zero-order valence-corrected chi connectivity index (χ0v) is 10.3. The van der Waals surface area contributed by atoms with E-state index in [0.717, 1.165) is 11.3 Å². The van der Waals surface area contributed by atoms with Gasteiger partial charge in [0.2, 0.25) is 0 Å². The monoisotopic (exact) mass is 243 g/mol. The number of H-pyrrole nitrogens is 1. The minimum Gasteiger partial charge on any atom is -0.444 e. The molecule has 5 nitrogen and oxygen atoms in total. The number of aromatic amines is 1. The van der Waals surface area contributed by atoms with Crippen molar-refractivity contribution in [2.24, 2.45) is 0 Å². The van der Waals surface area contributed by atoms with Gasteiger partial charge >= 0.3 is 6.09 Å². The van der Waals surface area contributed by atoms with Crippen LogP contribution in [-0.2, 0) is 17.8 Å². The van der Waals surface area contributed by atoms with Crippen LogP contribution in [0.2, 0.25) is 5.15 Å². The minimum atomic E-state index is -0.477. The first-order valence-electron chi connectivity index (χ1n) is 5.06. The number of halogens is 1. The molecule has 0 unspecified atom stereocenters. The standard InChI is InChI=1S/C10H14ClN3O2/c1-10(2,3)16-9(15)14-4-6-7(5-14)12-13-8(6)11/h4-5H2,1-3H3,(H,12,13). The first-order chi connectivity index (χ1) is 7.37. The number of fused-ring (bicyclic) bond motifs is 1. The average molecular weight is 244 g/mol. The van der Waals surface area contributed by atoms with E-state index < -0.39 is 5.60 Å². The Morgan fingerprint density at radius 2 is 2.19 bits per heavy atom. The van der Waals surface area contributed by atoms with Gasteiger partial charge in [-0.15, -0.1) is 0 Å². The fourth-order valence-electron chi connectivity index (χ4n) is 1.56. The molecule has 1 aliphatic heterocycles. The number of nitrogens with one attached hydrogen (secondary N) is 1. The molecule has 2 rings (SSSR count). The van der Waals surface area contributed by atoms with Gasteiger partial charge < -0.3 is 4.74 Å². The molecule has 0 fully saturated rings. The second-order valence-corrected chi connectivity index (χ2v) is 5.17. The number of rotatable bonds is 0. The fourth-order valence-corrected chi connectivity index (χ4v) is 1.78. The lowest BCUT2D eigenvalue weighted by molar-refractivity contribution is 0.0240. The van der Waals surface area contributed by atoms with Gasteiger partial charge in [0.25, 0.3) is 0 Å². The number of carbonyl (C=O) groups is 1. The van der Waals surface area contributed by atoms with Crippen molar-refractivity contribution >= 4 is 17.7 Å². The van der Waals surface area contributed by atoms with Crippen LogP contribution in [0, 0.1) is 0 Å². The molecule has 0 spiro atoms. The molecule has 0 aliphatic carbocycles. The zero-order valence-electron chi connectivity index (χ0n) is 9.50. The van der Waals surface area contributed by atoms with Crippen molar-refractivity contribution in [3.8, 4) is 0 Å². The Morgan fingerprint density at radius 1 is 1.50 bits per heavy atom. The van der Waals surface area contributed by atoms with Crippen molar-refractivity contribution in [1.82, 2.24) is 15.1 Å². The number of ether oxygens (including phenoxy) is 1. The lowest BCUT2D eigenvalue weighted by atomic mass is 10.2. The van der Waals surface area contributed by atoms with Crippen LogP contribution in [0.15, 0.2) is 0 Å². The molecule has 0 saturated heterocycles.